The molecule has 5 heteroatoms. The van der Waals surface area contributed by atoms with Crippen molar-refractivity contribution in [2.24, 2.45) is 0 Å². The smallest absolute Gasteiger partial charge is 0.488 e. The standard InChI is InChI=1S/C10H13NO4/c1-2-3-7-14-8-5-4-6-11-9(8)15-10(12)13/h4-6H,2-3,7H2,1H3,(H,12,13). The zero-order valence-electron chi connectivity index (χ0n) is 8.47. The van der Waals surface area contributed by atoms with Gasteiger partial charge in [0.05, 0.1) is 6.61 Å². The summed E-state index contributed by atoms with van der Waals surface area (Å²) < 4.78 is 9.78. The highest BCUT2D eigenvalue weighted by Crippen LogP contribution is 2.23. The molecular weight excluding hydrogens is 198 g/mol. The van der Waals surface area contributed by atoms with E-state index in [1.54, 1.807) is 12.1 Å². The molecule has 0 atom stereocenters. The van der Waals surface area contributed by atoms with Gasteiger partial charge >= 0.3 is 6.16 Å². The minimum absolute atomic E-state index is 0.0129. The summed E-state index contributed by atoms with van der Waals surface area (Å²) in [7, 11) is 0. The molecule has 5 nitrogen and oxygen atoms in total. The highest BCUT2D eigenvalue weighted by atomic mass is 16.7. The minimum atomic E-state index is -1.39. The molecule has 0 spiro atoms. The zero-order chi connectivity index (χ0) is 11.1. The Morgan fingerprint density at radius 1 is 1.60 bits per heavy atom. The SMILES string of the molecule is CCCCOc1cccnc1OC(=O)O. The second-order valence-electron chi connectivity index (χ2n) is 2.88. The summed E-state index contributed by atoms with van der Waals surface area (Å²) in [5, 5.41) is 8.45. The van der Waals surface area contributed by atoms with Crippen molar-refractivity contribution in [2.75, 3.05) is 6.61 Å². The number of pyridine rings is 1. The van der Waals surface area contributed by atoms with Crippen LogP contribution in [0.15, 0.2) is 18.3 Å². The van der Waals surface area contributed by atoms with Gasteiger partial charge in [-0.05, 0) is 18.6 Å². The van der Waals surface area contributed by atoms with Crippen LogP contribution < -0.4 is 9.47 Å². The van der Waals surface area contributed by atoms with Crippen molar-refractivity contribution in [1.29, 1.82) is 0 Å². The van der Waals surface area contributed by atoms with Crippen molar-refractivity contribution >= 4 is 6.16 Å². The molecule has 0 aliphatic heterocycles. The van der Waals surface area contributed by atoms with E-state index in [1.807, 2.05) is 6.92 Å². The molecule has 0 bridgehead atoms. The summed E-state index contributed by atoms with van der Waals surface area (Å²) in [4.78, 5) is 14.1. The average molecular weight is 211 g/mol. The fraction of sp³-hybridized carbons (Fsp3) is 0.400. The molecule has 0 aliphatic rings. The summed E-state index contributed by atoms with van der Waals surface area (Å²) >= 11 is 0. The molecule has 0 aromatic carbocycles. The lowest BCUT2D eigenvalue weighted by Gasteiger charge is -2.07. The van der Waals surface area contributed by atoms with Crippen LogP contribution in [-0.2, 0) is 0 Å². The van der Waals surface area contributed by atoms with Crippen LogP contribution in [-0.4, -0.2) is 22.9 Å². The highest BCUT2D eigenvalue weighted by Gasteiger charge is 2.09. The number of hydrogen-bond donors (Lipinski definition) is 1. The Morgan fingerprint density at radius 2 is 2.40 bits per heavy atom. The first kappa shape index (κ1) is 11.3. The van der Waals surface area contributed by atoms with Gasteiger partial charge in [0.25, 0.3) is 5.88 Å². The van der Waals surface area contributed by atoms with E-state index in [-0.39, 0.29) is 5.88 Å². The van der Waals surface area contributed by atoms with E-state index < -0.39 is 6.16 Å². The van der Waals surface area contributed by atoms with Crippen LogP contribution in [0, 0.1) is 0 Å². The second kappa shape index (κ2) is 5.85. The second-order valence-corrected chi connectivity index (χ2v) is 2.88. The molecule has 82 valence electrons. The summed E-state index contributed by atoms with van der Waals surface area (Å²) in [6.45, 7) is 2.57. The number of hydrogen-bond acceptors (Lipinski definition) is 4. The Morgan fingerprint density at radius 3 is 3.07 bits per heavy atom. The zero-order valence-corrected chi connectivity index (χ0v) is 8.47. The van der Waals surface area contributed by atoms with Gasteiger partial charge in [-0.3, -0.25) is 0 Å². The van der Waals surface area contributed by atoms with E-state index in [1.165, 1.54) is 6.20 Å². The van der Waals surface area contributed by atoms with Crippen LogP contribution in [0.4, 0.5) is 4.79 Å². The number of ether oxygens (including phenoxy) is 2. The Balaban J connectivity index is 2.64. The molecule has 0 fully saturated rings. The molecule has 1 heterocycles. The number of carboxylic acid groups (broad SMARTS) is 1. The summed E-state index contributed by atoms with van der Waals surface area (Å²) in [6.07, 6.45) is 1.97. The quantitative estimate of drug-likeness (QED) is 0.597. The van der Waals surface area contributed by atoms with Gasteiger partial charge in [0.2, 0.25) is 0 Å². The predicted molar refractivity (Wildman–Crippen MR) is 53.3 cm³/mol. The highest BCUT2D eigenvalue weighted by molar-refractivity contribution is 5.61. The third-order valence-electron chi connectivity index (χ3n) is 1.68. The monoisotopic (exact) mass is 211 g/mol. The maximum atomic E-state index is 10.3. The molecule has 0 saturated carbocycles. The predicted octanol–water partition coefficient (Wildman–Crippen LogP) is 2.32. The molecule has 1 N–H and O–H groups in total. The first-order chi connectivity index (χ1) is 7.24. The lowest BCUT2D eigenvalue weighted by Crippen LogP contribution is -2.07. The van der Waals surface area contributed by atoms with Crippen LogP contribution in [0.2, 0.25) is 0 Å². The summed E-state index contributed by atoms with van der Waals surface area (Å²) in [5.41, 5.74) is 0. The van der Waals surface area contributed by atoms with Gasteiger partial charge in [0, 0.05) is 6.20 Å². The van der Waals surface area contributed by atoms with Gasteiger partial charge in [0.15, 0.2) is 5.75 Å². The van der Waals surface area contributed by atoms with Crippen molar-refractivity contribution in [3.05, 3.63) is 18.3 Å². The van der Waals surface area contributed by atoms with Gasteiger partial charge in [-0.1, -0.05) is 13.3 Å². The first-order valence-corrected chi connectivity index (χ1v) is 4.72. The molecule has 0 unspecified atom stereocenters. The van der Waals surface area contributed by atoms with Crippen LogP contribution in [0.3, 0.4) is 0 Å². The van der Waals surface area contributed by atoms with Crippen LogP contribution in [0.25, 0.3) is 0 Å². The topological polar surface area (TPSA) is 68.7 Å². The van der Waals surface area contributed by atoms with Crippen molar-refractivity contribution in [3.63, 3.8) is 0 Å². The number of carbonyl (C=O) groups is 1. The number of unbranched alkanes of at least 4 members (excludes halogenated alkanes) is 1. The van der Waals surface area contributed by atoms with E-state index in [0.717, 1.165) is 12.8 Å². The van der Waals surface area contributed by atoms with E-state index in [4.69, 9.17) is 9.84 Å². The van der Waals surface area contributed by atoms with E-state index in [9.17, 15) is 4.79 Å². The molecule has 0 aliphatic carbocycles. The third kappa shape index (κ3) is 3.84. The fourth-order valence-corrected chi connectivity index (χ4v) is 0.972. The van der Waals surface area contributed by atoms with Gasteiger partial charge in [0.1, 0.15) is 0 Å². The van der Waals surface area contributed by atoms with Gasteiger partial charge in [-0.15, -0.1) is 0 Å². The molecule has 1 aromatic rings. The molecule has 0 radical (unpaired) electrons. The molecule has 1 rings (SSSR count). The van der Waals surface area contributed by atoms with Gasteiger partial charge in [-0.25, -0.2) is 9.78 Å². The van der Waals surface area contributed by atoms with E-state index in [0.29, 0.717) is 12.4 Å². The largest absolute Gasteiger partial charge is 0.512 e. The molecular formula is C10H13NO4. The molecule has 1 aromatic heterocycles. The Kier molecular flexibility index (Phi) is 4.40. The normalized spacial score (nSPS) is 9.67. The van der Waals surface area contributed by atoms with Gasteiger partial charge < -0.3 is 14.6 Å². The van der Waals surface area contributed by atoms with Crippen LogP contribution >= 0.6 is 0 Å². The van der Waals surface area contributed by atoms with E-state index >= 15 is 0 Å². The molecule has 15 heavy (non-hydrogen) atoms. The maximum Gasteiger partial charge on any atom is 0.512 e. The number of nitrogens with zero attached hydrogens (tertiary/aromatic N) is 1. The summed E-state index contributed by atoms with van der Waals surface area (Å²) in [5.74, 6) is 0.342. The number of aromatic nitrogens is 1. The summed E-state index contributed by atoms with van der Waals surface area (Å²) in [6, 6.07) is 3.29. The van der Waals surface area contributed by atoms with Crippen molar-refractivity contribution in [3.8, 4) is 11.6 Å². The van der Waals surface area contributed by atoms with E-state index in [2.05, 4.69) is 9.72 Å². The fourth-order valence-electron chi connectivity index (χ4n) is 0.972. The average Bonchev–Trinajstić information content (AvgIpc) is 2.20. The molecule has 0 amide bonds. The Labute approximate surface area is 87.7 Å². The number of rotatable bonds is 5. The lowest BCUT2D eigenvalue weighted by atomic mass is 10.3. The van der Waals surface area contributed by atoms with Crippen molar-refractivity contribution in [2.45, 2.75) is 19.8 Å². The molecule has 0 saturated heterocycles. The van der Waals surface area contributed by atoms with Crippen molar-refractivity contribution < 1.29 is 19.4 Å². The first-order valence-electron chi connectivity index (χ1n) is 4.72. The third-order valence-corrected chi connectivity index (χ3v) is 1.68. The van der Waals surface area contributed by atoms with Crippen molar-refractivity contribution in [1.82, 2.24) is 4.98 Å². The Hall–Kier alpha value is -1.78. The van der Waals surface area contributed by atoms with Crippen LogP contribution in [0.1, 0.15) is 19.8 Å². The Bertz CT molecular complexity index is 327. The van der Waals surface area contributed by atoms with Gasteiger partial charge in [-0.2, -0.15) is 0 Å². The van der Waals surface area contributed by atoms with Crippen LogP contribution in [0.5, 0.6) is 11.6 Å². The minimum Gasteiger partial charge on any atom is -0.488 e. The maximum absolute atomic E-state index is 10.3. The lowest BCUT2D eigenvalue weighted by molar-refractivity contribution is 0.139.